The molecule has 0 fully saturated rings. The second-order valence-electron chi connectivity index (χ2n) is 6.55. The van der Waals surface area contributed by atoms with Crippen LogP contribution in [0.3, 0.4) is 0 Å². The van der Waals surface area contributed by atoms with Crippen molar-refractivity contribution in [2.24, 2.45) is 5.92 Å². The van der Waals surface area contributed by atoms with E-state index in [0.29, 0.717) is 28.7 Å². The Kier molecular flexibility index (Phi) is 6.23. The number of amides is 1. The Morgan fingerprint density at radius 3 is 2.74 bits per heavy atom. The largest absolute Gasteiger partial charge is 0.462 e. The van der Waals surface area contributed by atoms with E-state index in [1.807, 2.05) is 6.07 Å². The Labute approximate surface area is 168 Å². The van der Waals surface area contributed by atoms with E-state index in [4.69, 9.17) is 17.0 Å². The first-order valence-electron chi connectivity index (χ1n) is 8.98. The maximum atomic E-state index is 12.5. The molecule has 1 aromatic heterocycles. The number of rotatable bonds is 4. The van der Waals surface area contributed by atoms with Crippen molar-refractivity contribution in [1.29, 1.82) is 0 Å². The lowest BCUT2D eigenvalue weighted by Crippen LogP contribution is -2.34. The van der Waals surface area contributed by atoms with Crippen molar-refractivity contribution < 1.29 is 14.3 Å². The summed E-state index contributed by atoms with van der Waals surface area (Å²) in [5.74, 6) is -0.109. The van der Waals surface area contributed by atoms with Crippen LogP contribution in [0.4, 0.5) is 5.00 Å². The molecule has 2 N–H and O–H groups in total. The predicted molar refractivity (Wildman–Crippen MR) is 112 cm³/mol. The highest BCUT2D eigenvalue weighted by Crippen LogP contribution is 2.40. The van der Waals surface area contributed by atoms with E-state index in [1.54, 1.807) is 31.2 Å². The van der Waals surface area contributed by atoms with Crippen LogP contribution in [0.1, 0.15) is 51.4 Å². The zero-order chi connectivity index (χ0) is 19.4. The van der Waals surface area contributed by atoms with E-state index >= 15 is 0 Å². The van der Waals surface area contributed by atoms with Gasteiger partial charge >= 0.3 is 5.97 Å². The molecule has 1 amide bonds. The summed E-state index contributed by atoms with van der Waals surface area (Å²) in [5, 5.41) is 6.52. The topological polar surface area (TPSA) is 67.4 Å². The number of nitrogens with one attached hydrogen (secondary N) is 2. The molecule has 0 aliphatic heterocycles. The third kappa shape index (κ3) is 4.54. The highest BCUT2D eigenvalue weighted by molar-refractivity contribution is 7.80. The molecule has 0 bridgehead atoms. The molecule has 1 unspecified atom stereocenters. The molecule has 142 valence electrons. The predicted octanol–water partition coefficient (Wildman–Crippen LogP) is 4.18. The normalized spacial score (nSPS) is 15.6. The monoisotopic (exact) mass is 402 g/mol. The summed E-state index contributed by atoms with van der Waals surface area (Å²) in [4.78, 5) is 26.0. The molecule has 0 radical (unpaired) electrons. The van der Waals surface area contributed by atoms with Gasteiger partial charge in [-0.25, -0.2) is 4.79 Å². The van der Waals surface area contributed by atoms with Gasteiger partial charge in [0.15, 0.2) is 5.11 Å². The van der Waals surface area contributed by atoms with Crippen molar-refractivity contribution in [2.45, 2.75) is 33.1 Å². The Balaban J connectivity index is 1.80. The molecule has 1 aliphatic carbocycles. The summed E-state index contributed by atoms with van der Waals surface area (Å²) in [6, 6.07) is 8.86. The van der Waals surface area contributed by atoms with Crippen LogP contribution in [0.25, 0.3) is 0 Å². The van der Waals surface area contributed by atoms with Gasteiger partial charge in [0.1, 0.15) is 5.00 Å². The van der Waals surface area contributed by atoms with E-state index < -0.39 is 0 Å². The van der Waals surface area contributed by atoms with Crippen molar-refractivity contribution in [3.8, 4) is 0 Å². The number of aryl methyl sites for hydroxylation is 1. The average Bonchev–Trinajstić information content (AvgIpc) is 2.99. The molecule has 1 aromatic carbocycles. The minimum Gasteiger partial charge on any atom is -0.462 e. The summed E-state index contributed by atoms with van der Waals surface area (Å²) in [6.07, 6.45) is 2.90. The number of ether oxygens (including phenoxy) is 1. The van der Waals surface area contributed by atoms with E-state index in [2.05, 4.69) is 17.6 Å². The van der Waals surface area contributed by atoms with Gasteiger partial charge in [0, 0.05) is 10.4 Å². The molecule has 0 saturated carbocycles. The summed E-state index contributed by atoms with van der Waals surface area (Å²) >= 11 is 6.82. The fourth-order valence-electron chi connectivity index (χ4n) is 3.16. The first-order chi connectivity index (χ1) is 13.0. The molecule has 3 rings (SSSR count). The van der Waals surface area contributed by atoms with Crippen LogP contribution >= 0.6 is 23.6 Å². The van der Waals surface area contributed by atoms with Gasteiger partial charge in [-0.05, 0) is 62.0 Å². The van der Waals surface area contributed by atoms with Gasteiger partial charge in [0.2, 0.25) is 0 Å². The summed E-state index contributed by atoms with van der Waals surface area (Å²) in [6.45, 7) is 4.29. The lowest BCUT2D eigenvalue weighted by atomic mass is 9.88. The SMILES string of the molecule is CCOC(=O)c1c(NC(=S)NC(=O)c2ccccc2)sc2c1CC(C)CC2. The number of hydrogen-bond acceptors (Lipinski definition) is 5. The number of esters is 1. The van der Waals surface area contributed by atoms with E-state index in [-0.39, 0.29) is 17.0 Å². The van der Waals surface area contributed by atoms with Crippen molar-refractivity contribution in [2.75, 3.05) is 11.9 Å². The van der Waals surface area contributed by atoms with Crippen LogP contribution in [-0.4, -0.2) is 23.6 Å². The van der Waals surface area contributed by atoms with Gasteiger partial charge in [-0.2, -0.15) is 0 Å². The molecular formula is C20H22N2O3S2. The third-order valence-corrected chi connectivity index (χ3v) is 5.89. The molecular weight excluding hydrogens is 380 g/mol. The van der Waals surface area contributed by atoms with Crippen LogP contribution in [0.15, 0.2) is 30.3 Å². The maximum absolute atomic E-state index is 12.5. The van der Waals surface area contributed by atoms with Gasteiger partial charge in [-0.3, -0.25) is 10.1 Å². The van der Waals surface area contributed by atoms with Crippen molar-refractivity contribution in [1.82, 2.24) is 5.32 Å². The summed E-state index contributed by atoms with van der Waals surface area (Å²) < 4.78 is 5.26. The van der Waals surface area contributed by atoms with Crippen molar-refractivity contribution in [3.05, 3.63) is 51.9 Å². The number of benzene rings is 1. The molecule has 1 heterocycles. The molecule has 7 heteroatoms. The first kappa shape index (κ1) is 19.5. The van der Waals surface area contributed by atoms with Crippen LogP contribution in [0.2, 0.25) is 0 Å². The lowest BCUT2D eigenvalue weighted by Gasteiger charge is -2.18. The van der Waals surface area contributed by atoms with Crippen molar-refractivity contribution >= 4 is 45.5 Å². The Hall–Kier alpha value is -2.25. The highest BCUT2D eigenvalue weighted by atomic mass is 32.1. The van der Waals surface area contributed by atoms with Crippen LogP contribution in [0, 0.1) is 5.92 Å². The highest BCUT2D eigenvalue weighted by Gasteiger charge is 2.29. The number of fused-ring (bicyclic) bond motifs is 1. The molecule has 5 nitrogen and oxygen atoms in total. The van der Waals surface area contributed by atoms with E-state index in [0.717, 1.165) is 24.8 Å². The number of thiophene rings is 1. The minimum atomic E-state index is -0.344. The van der Waals surface area contributed by atoms with Gasteiger partial charge < -0.3 is 10.1 Å². The fraction of sp³-hybridized carbons (Fsp3) is 0.350. The maximum Gasteiger partial charge on any atom is 0.341 e. The van der Waals surface area contributed by atoms with Gasteiger partial charge in [0.05, 0.1) is 12.2 Å². The lowest BCUT2D eigenvalue weighted by molar-refractivity contribution is 0.0526. The number of hydrogen-bond donors (Lipinski definition) is 2. The minimum absolute atomic E-state index is 0.168. The summed E-state index contributed by atoms with van der Waals surface area (Å²) in [5.41, 5.74) is 2.13. The molecule has 0 saturated heterocycles. The average molecular weight is 403 g/mol. The molecule has 1 aliphatic rings. The van der Waals surface area contributed by atoms with Crippen LogP contribution < -0.4 is 10.6 Å². The second-order valence-corrected chi connectivity index (χ2v) is 8.06. The molecule has 27 heavy (non-hydrogen) atoms. The zero-order valence-electron chi connectivity index (χ0n) is 15.3. The second kappa shape index (κ2) is 8.63. The molecule has 0 spiro atoms. The Morgan fingerprint density at radius 1 is 1.30 bits per heavy atom. The van der Waals surface area contributed by atoms with Gasteiger partial charge in [-0.1, -0.05) is 25.1 Å². The summed E-state index contributed by atoms with van der Waals surface area (Å²) in [7, 11) is 0. The van der Waals surface area contributed by atoms with Gasteiger partial charge in [-0.15, -0.1) is 11.3 Å². The zero-order valence-corrected chi connectivity index (χ0v) is 17.0. The number of carbonyl (C=O) groups excluding carboxylic acids is 2. The number of thiocarbonyl (C=S) groups is 1. The third-order valence-electron chi connectivity index (χ3n) is 4.48. The number of anilines is 1. The Morgan fingerprint density at radius 2 is 2.04 bits per heavy atom. The standard InChI is InChI=1S/C20H22N2O3S2/c1-3-25-19(24)16-14-11-12(2)9-10-15(14)27-18(16)22-20(26)21-17(23)13-7-5-4-6-8-13/h4-8,12H,3,9-11H2,1-2H3,(H2,21,22,23,26). The quantitative estimate of drug-likeness (QED) is 0.593. The Bertz CT molecular complexity index is 862. The number of carbonyl (C=O) groups is 2. The van der Waals surface area contributed by atoms with Crippen LogP contribution in [-0.2, 0) is 17.6 Å². The first-order valence-corrected chi connectivity index (χ1v) is 10.2. The van der Waals surface area contributed by atoms with Gasteiger partial charge in [0.25, 0.3) is 5.91 Å². The smallest absolute Gasteiger partial charge is 0.341 e. The van der Waals surface area contributed by atoms with E-state index in [1.165, 1.54) is 16.2 Å². The van der Waals surface area contributed by atoms with E-state index in [9.17, 15) is 9.59 Å². The molecule has 1 atom stereocenters. The molecule has 2 aromatic rings. The van der Waals surface area contributed by atoms with Crippen LogP contribution in [0.5, 0.6) is 0 Å². The fourth-order valence-corrected chi connectivity index (χ4v) is 4.66. The van der Waals surface area contributed by atoms with Crippen molar-refractivity contribution in [3.63, 3.8) is 0 Å².